The lowest BCUT2D eigenvalue weighted by atomic mass is 10.1. The highest BCUT2D eigenvalue weighted by molar-refractivity contribution is 6.13. The summed E-state index contributed by atoms with van der Waals surface area (Å²) in [7, 11) is 1.36. The first-order valence-corrected chi connectivity index (χ1v) is 11.0. The number of methoxy groups -OCH3 is 1. The number of nitrogens with one attached hydrogen (secondary N) is 1. The molecule has 1 aliphatic heterocycles. The Balaban J connectivity index is 1.88. The van der Waals surface area contributed by atoms with Crippen molar-refractivity contribution >= 4 is 24.0 Å². The van der Waals surface area contributed by atoms with Gasteiger partial charge in [0.1, 0.15) is 11.5 Å². The second kappa shape index (κ2) is 10.7. The number of esters is 1. The van der Waals surface area contributed by atoms with Crippen LogP contribution in [-0.4, -0.2) is 46.0 Å². The number of imidazole rings is 1. The Morgan fingerprint density at radius 1 is 1.12 bits per heavy atom. The molecule has 8 nitrogen and oxygen atoms in total. The van der Waals surface area contributed by atoms with Crippen LogP contribution in [0.25, 0.3) is 6.08 Å². The summed E-state index contributed by atoms with van der Waals surface area (Å²) in [5, 5.41) is 2.69. The smallest absolute Gasteiger partial charge is 0.337 e. The van der Waals surface area contributed by atoms with Gasteiger partial charge in [-0.2, -0.15) is 0 Å². The van der Waals surface area contributed by atoms with E-state index in [2.05, 4.69) is 17.2 Å². The van der Waals surface area contributed by atoms with E-state index in [9.17, 15) is 14.4 Å². The lowest BCUT2D eigenvalue weighted by molar-refractivity contribution is -0.122. The molecule has 1 fully saturated rings. The van der Waals surface area contributed by atoms with Crippen LogP contribution in [0.5, 0.6) is 0 Å². The van der Waals surface area contributed by atoms with E-state index in [1.54, 1.807) is 24.4 Å². The van der Waals surface area contributed by atoms with Crippen LogP contribution in [-0.2, 0) is 22.5 Å². The summed E-state index contributed by atoms with van der Waals surface area (Å²) in [5.74, 6) is 0.223. The number of ether oxygens (including phenoxy) is 1. The minimum absolute atomic E-state index is 0.260. The first-order valence-electron chi connectivity index (χ1n) is 11.0. The van der Waals surface area contributed by atoms with Gasteiger partial charge in [-0.15, -0.1) is 0 Å². The molecule has 1 saturated heterocycles. The number of aryl methyl sites for hydroxylation is 1. The normalized spacial score (nSPS) is 14.8. The van der Waals surface area contributed by atoms with Crippen molar-refractivity contribution in [3.05, 3.63) is 58.8 Å². The van der Waals surface area contributed by atoms with Crippen LogP contribution in [0.4, 0.5) is 4.79 Å². The van der Waals surface area contributed by atoms with Crippen molar-refractivity contribution in [1.29, 1.82) is 0 Å². The van der Waals surface area contributed by atoms with Crippen molar-refractivity contribution in [2.45, 2.75) is 52.5 Å². The van der Waals surface area contributed by atoms with Crippen LogP contribution in [0.1, 0.15) is 67.0 Å². The molecule has 1 aromatic carbocycles. The molecule has 0 aliphatic carbocycles. The number of nitrogens with zero attached hydrogens (tertiary/aromatic N) is 3. The zero-order chi connectivity index (χ0) is 23.1. The van der Waals surface area contributed by atoms with Gasteiger partial charge in [0.05, 0.1) is 24.6 Å². The van der Waals surface area contributed by atoms with E-state index >= 15 is 0 Å². The third kappa shape index (κ3) is 5.25. The van der Waals surface area contributed by atoms with Gasteiger partial charge < -0.3 is 14.6 Å². The molecule has 1 aromatic heterocycles. The molecule has 2 aromatic rings. The monoisotopic (exact) mass is 438 g/mol. The molecular formula is C24H30N4O4. The van der Waals surface area contributed by atoms with Gasteiger partial charge in [0, 0.05) is 19.5 Å². The Bertz CT molecular complexity index is 1010. The van der Waals surface area contributed by atoms with Gasteiger partial charge in [0.15, 0.2) is 0 Å². The molecule has 8 heteroatoms. The molecule has 32 heavy (non-hydrogen) atoms. The zero-order valence-electron chi connectivity index (χ0n) is 18.9. The summed E-state index contributed by atoms with van der Waals surface area (Å²) < 4.78 is 6.80. The predicted molar refractivity (Wildman–Crippen MR) is 121 cm³/mol. The first-order chi connectivity index (χ1) is 15.5. The highest BCUT2D eigenvalue weighted by Crippen LogP contribution is 2.19. The molecule has 0 saturated carbocycles. The van der Waals surface area contributed by atoms with Crippen molar-refractivity contribution in [3.8, 4) is 0 Å². The Morgan fingerprint density at radius 3 is 2.50 bits per heavy atom. The summed E-state index contributed by atoms with van der Waals surface area (Å²) in [6, 6.07) is 6.83. The van der Waals surface area contributed by atoms with Crippen LogP contribution in [0.3, 0.4) is 0 Å². The number of imide groups is 1. The van der Waals surface area contributed by atoms with E-state index in [4.69, 9.17) is 4.74 Å². The average molecular weight is 439 g/mol. The van der Waals surface area contributed by atoms with Gasteiger partial charge in [0.2, 0.25) is 0 Å². The molecule has 0 spiro atoms. The minimum Gasteiger partial charge on any atom is -0.465 e. The Morgan fingerprint density at radius 2 is 1.84 bits per heavy atom. The predicted octanol–water partition coefficient (Wildman–Crippen LogP) is 3.75. The van der Waals surface area contributed by atoms with Crippen molar-refractivity contribution in [2.24, 2.45) is 0 Å². The third-order valence-corrected chi connectivity index (χ3v) is 5.43. The van der Waals surface area contributed by atoms with Gasteiger partial charge in [-0.1, -0.05) is 38.8 Å². The topological polar surface area (TPSA) is 93.5 Å². The van der Waals surface area contributed by atoms with Crippen LogP contribution in [0.15, 0.2) is 36.2 Å². The largest absolute Gasteiger partial charge is 0.465 e. The molecule has 1 N–H and O–H groups in total. The Labute approximate surface area is 188 Å². The van der Waals surface area contributed by atoms with Crippen molar-refractivity contribution in [3.63, 3.8) is 0 Å². The Hall–Kier alpha value is -3.42. The van der Waals surface area contributed by atoms with Gasteiger partial charge in [-0.25, -0.2) is 14.6 Å². The maximum absolute atomic E-state index is 12.7. The number of carbonyl (C=O) groups excluding carboxylic acids is 3. The van der Waals surface area contributed by atoms with Gasteiger partial charge in [0.25, 0.3) is 5.91 Å². The molecule has 2 heterocycles. The van der Waals surface area contributed by atoms with E-state index in [0.717, 1.165) is 49.2 Å². The number of hydrogen-bond donors (Lipinski definition) is 1. The third-order valence-electron chi connectivity index (χ3n) is 5.43. The van der Waals surface area contributed by atoms with Crippen molar-refractivity contribution in [1.82, 2.24) is 19.8 Å². The van der Waals surface area contributed by atoms with Gasteiger partial charge in [-0.3, -0.25) is 9.69 Å². The van der Waals surface area contributed by atoms with E-state index in [0.29, 0.717) is 18.7 Å². The number of aromatic nitrogens is 2. The number of unbranched alkanes of at least 4 members (excludes halogenated alkanes) is 2. The Kier molecular flexibility index (Phi) is 7.81. The summed E-state index contributed by atoms with van der Waals surface area (Å²) in [5.41, 5.74) is 2.48. The standard InChI is InChI=1S/C24H30N4O4/c1-4-6-8-21-25-15-19(14-20-22(29)27(13-7-5-2)24(31)26-20)28(21)16-17-9-11-18(12-10-17)23(30)32-3/h9-12,14-15H,4-8,13,16H2,1-3H3,(H,26,31). The van der Waals surface area contributed by atoms with E-state index in [-0.39, 0.29) is 23.6 Å². The number of carbonyl (C=O) groups is 3. The molecule has 1 aliphatic rings. The summed E-state index contributed by atoms with van der Waals surface area (Å²) in [6.45, 7) is 5.08. The molecule has 0 radical (unpaired) electrons. The van der Waals surface area contributed by atoms with Crippen LogP contribution < -0.4 is 5.32 Å². The maximum atomic E-state index is 12.7. The SMILES string of the molecule is CCCCc1ncc(C=C2NC(=O)N(CCCC)C2=O)n1Cc1ccc(C(=O)OC)cc1. The zero-order valence-corrected chi connectivity index (χ0v) is 18.9. The molecule has 3 rings (SSSR count). The van der Waals surface area contributed by atoms with Gasteiger partial charge in [-0.05, 0) is 36.6 Å². The van der Waals surface area contributed by atoms with E-state index in [1.165, 1.54) is 12.0 Å². The fourth-order valence-corrected chi connectivity index (χ4v) is 3.55. The molecule has 0 unspecified atom stereocenters. The lowest BCUT2D eigenvalue weighted by Gasteiger charge is -2.12. The highest BCUT2D eigenvalue weighted by atomic mass is 16.5. The minimum atomic E-state index is -0.384. The number of urea groups is 1. The average Bonchev–Trinajstić information content (AvgIpc) is 3.30. The molecule has 3 amide bonds. The molecular weight excluding hydrogens is 408 g/mol. The number of benzene rings is 1. The van der Waals surface area contributed by atoms with E-state index < -0.39 is 0 Å². The van der Waals surface area contributed by atoms with Crippen molar-refractivity contribution in [2.75, 3.05) is 13.7 Å². The van der Waals surface area contributed by atoms with Crippen LogP contribution in [0, 0.1) is 0 Å². The van der Waals surface area contributed by atoms with Crippen molar-refractivity contribution < 1.29 is 19.1 Å². The van der Waals surface area contributed by atoms with Crippen LogP contribution >= 0.6 is 0 Å². The van der Waals surface area contributed by atoms with Crippen LogP contribution in [0.2, 0.25) is 0 Å². The number of amides is 3. The number of hydrogen-bond acceptors (Lipinski definition) is 5. The lowest BCUT2D eigenvalue weighted by Crippen LogP contribution is -2.31. The summed E-state index contributed by atoms with van der Waals surface area (Å²) >= 11 is 0. The molecule has 0 atom stereocenters. The van der Waals surface area contributed by atoms with Gasteiger partial charge >= 0.3 is 12.0 Å². The molecule has 0 bridgehead atoms. The fourth-order valence-electron chi connectivity index (χ4n) is 3.55. The highest BCUT2D eigenvalue weighted by Gasteiger charge is 2.33. The fraction of sp³-hybridized carbons (Fsp3) is 0.417. The van der Waals surface area contributed by atoms with E-state index in [1.807, 2.05) is 23.6 Å². The second-order valence-electron chi connectivity index (χ2n) is 7.78. The maximum Gasteiger partial charge on any atom is 0.337 e. The second-order valence-corrected chi connectivity index (χ2v) is 7.78. The number of rotatable bonds is 10. The quantitative estimate of drug-likeness (QED) is 0.346. The summed E-state index contributed by atoms with van der Waals surface area (Å²) in [4.78, 5) is 42.4. The summed E-state index contributed by atoms with van der Waals surface area (Å²) in [6.07, 6.45) is 7.94. The molecule has 170 valence electrons. The first kappa shape index (κ1) is 23.2.